The standard InChI is InChI=1S/C23H27N3O3/c1-16-13-17(11-12-24-16)23(28)25-18-14-22(27)26(15-18)19-7-9-21(10-8-19)29-20-5-3-2-4-6-20/h2-10,16-18,24H,11-15H2,1H3,(H,25,28)/t16-,17-,18?/m0/s1. The van der Waals surface area contributed by atoms with Gasteiger partial charge in [0, 0.05) is 30.6 Å². The highest BCUT2D eigenvalue weighted by Crippen LogP contribution is 2.27. The van der Waals surface area contributed by atoms with Crippen molar-refractivity contribution < 1.29 is 14.3 Å². The van der Waals surface area contributed by atoms with Crippen LogP contribution in [-0.2, 0) is 9.59 Å². The van der Waals surface area contributed by atoms with Crippen molar-refractivity contribution in [3.8, 4) is 11.5 Å². The third-order valence-corrected chi connectivity index (χ3v) is 5.59. The topological polar surface area (TPSA) is 70.7 Å². The molecule has 2 N–H and O–H groups in total. The summed E-state index contributed by atoms with van der Waals surface area (Å²) >= 11 is 0. The van der Waals surface area contributed by atoms with Gasteiger partial charge in [0.1, 0.15) is 11.5 Å². The lowest BCUT2D eigenvalue weighted by Gasteiger charge is -2.28. The minimum Gasteiger partial charge on any atom is -0.457 e. The van der Waals surface area contributed by atoms with Gasteiger partial charge in [-0.25, -0.2) is 0 Å². The molecule has 29 heavy (non-hydrogen) atoms. The van der Waals surface area contributed by atoms with E-state index in [0.717, 1.165) is 36.6 Å². The molecule has 4 rings (SSSR count). The molecule has 2 amide bonds. The van der Waals surface area contributed by atoms with Crippen molar-refractivity contribution in [1.29, 1.82) is 0 Å². The third-order valence-electron chi connectivity index (χ3n) is 5.59. The van der Waals surface area contributed by atoms with Crippen LogP contribution in [0.4, 0.5) is 5.69 Å². The van der Waals surface area contributed by atoms with Crippen molar-refractivity contribution in [3.63, 3.8) is 0 Å². The normalized spacial score (nSPS) is 24.4. The van der Waals surface area contributed by atoms with Crippen LogP contribution in [0, 0.1) is 5.92 Å². The molecule has 6 nitrogen and oxygen atoms in total. The van der Waals surface area contributed by atoms with Crippen LogP contribution in [0.1, 0.15) is 26.2 Å². The van der Waals surface area contributed by atoms with E-state index in [0.29, 0.717) is 19.0 Å². The Morgan fingerprint density at radius 3 is 2.55 bits per heavy atom. The Morgan fingerprint density at radius 1 is 1.10 bits per heavy atom. The van der Waals surface area contributed by atoms with E-state index in [4.69, 9.17) is 4.74 Å². The van der Waals surface area contributed by atoms with Crippen molar-refractivity contribution in [2.75, 3.05) is 18.0 Å². The Balaban J connectivity index is 1.34. The maximum atomic E-state index is 12.6. The zero-order chi connectivity index (χ0) is 20.2. The molecule has 0 spiro atoms. The molecule has 2 aromatic rings. The van der Waals surface area contributed by atoms with E-state index in [2.05, 4.69) is 17.6 Å². The van der Waals surface area contributed by atoms with Gasteiger partial charge in [0.25, 0.3) is 0 Å². The molecule has 2 aliphatic heterocycles. The van der Waals surface area contributed by atoms with Crippen molar-refractivity contribution in [1.82, 2.24) is 10.6 Å². The zero-order valence-corrected chi connectivity index (χ0v) is 16.6. The van der Waals surface area contributed by atoms with Crippen molar-refractivity contribution in [2.24, 2.45) is 5.92 Å². The first-order valence-corrected chi connectivity index (χ1v) is 10.3. The third kappa shape index (κ3) is 4.77. The number of para-hydroxylation sites is 1. The smallest absolute Gasteiger partial charge is 0.229 e. The number of anilines is 1. The molecule has 0 radical (unpaired) electrons. The van der Waals surface area contributed by atoms with Crippen LogP contribution in [0.3, 0.4) is 0 Å². The lowest BCUT2D eigenvalue weighted by molar-refractivity contribution is -0.126. The molecule has 2 saturated heterocycles. The summed E-state index contributed by atoms with van der Waals surface area (Å²) in [5, 5.41) is 6.45. The highest BCUT2D eigenvalue weighted by molar-refractivity contribution is 5.97. The molecule has 0 aromatic heterocycles. The second-order valence-electron chi connectivity index (χ2n) is 7.90. The lowest BCUT2D eigenvalue weighted by Crippen LogP contribution is -2.46. The number of nitrogens with zero attached hydrogens (tertiary/aromatic N) is 1. The average Bonchev–Trinajstić information content (AvgIpc) is 3.09. The summed E-state index contributed by atoms with van der Waals surface area (Å²) in [6.45, 7) is 3.47. The van der Waals surface area contributed by atoms with Crippen LogP contribution in [-0.4, -0.2) is 37.0 Å². The molecule has 2 fully saturated rings. The first-order chi connectivity index (χ1) is 14.1. The molecule has 2 heterocycles. The van der Waals surface area contributed by atoms with Crippen molar-refractivity contribution in [2.45, 2.75) is 38.3 Å². The molecule has 152 valence electrons. The summed E-state index contributed by atoms with van der Waals surface area (Å²) < 4.78 is 5.81. The number of hydrogen-bond donors (Lipinski definition) is 2. The van der Waals surface area contributed by atoms with Crippen LogP contribution in [0.25, 0.3) is 0 Å². The summed E-state index contributed by atoms with van der Waals surface area (Å²) in [6.07, 6.45) is 2.04. The van der Waals surface area contributed by atoms with Crippen molar-refractivity contribution in [3.05, 3.63) is 54.6 Å². The second-order valence-corrected chi connectivity index (χ2v) is 7.90. The first kappa shape index (κ1) is 19.5. The fraction of sp³-hybridized carbons (Fsp3) is 0.391. The van der Waals surface area contributed by atoms with Gasteiger partial charge in [-0.2, -0.15) is 0 Å². The number of benzene rings is 2. The molecule has 3 atom stereocenters. The number of hydrogen-bond acceptors (Lipinski definition) is 4. The number of rotatable bonds is 5. The highest BCUT2D eigenvalue weighted by atomic mass is 16.5. The first-order valence-electron chi connectivity index (χ1n) is 10.3. The maximum Gasteiger partial charge on any atom is 0.229 e. The fourth-order valence-electron chi connectivity index (χ4n) is 4.06. The van der Waals surface area contributed by atoms with E-state index in [1.165, 1.54) is 0 Å². The van der Waals surface area contributed by atoms with Gasteiger partial charge in [-0.15, -0.1) is 0 Å². The van der Waals surface area contributed by atoms with Crippen LogP contribution in [0.5, 0.6) is 11.5 Å². The minimum absolute atomic E-state index is 0.0322. The number of carbonyl (C=O) groups is 2. The molecular weight excluding hydrogens is 366 g/mol. The number of amides is 2. The summed E-state index contributed by atoms with van der Waals surface area (Å²) in [5.74, 6) is 1.63. The van der Waals surface area contributed by atoms with Gasteiger partial charge in [0.2, 0.25) is 11.8 Å². The van der Waals surface area contributed by atoms with Crippen molar-refractivity contribution >= 4 is 17.5 Å². The van der Waals surface area contributed by atoms with E-state index in [1.807, 2.05) is 54.6 Å². The Labute approximate surface area is 171 Å². The predicted molar refractivity (Wildman–Crippen MR) is 112 cm³/mol. The second kappa shape index (κ2) is 8.66. The van der Waals surface area contributed by atoms with Crippen LogP contribution < -0.4 is 20.3 Å². The quantitative estimate of drug-likeness (QED) is 0.819. The lowest BCUT2D eigenvalue weighted by atomic mass is 9.92. The molecule has 6 heteroatoms. The van der Waals surface area contributed by atoms with Gasteiger partial charge in [-0.05, 0) is 62.7 Å². The van der Waals surface area contributed by atoms with Gasteiger partial charge >= 0.3 is 0 Å². The van der Waals surface area contributed by atoms with E-state index >= 15 is 0 Å². The summed E-state index contributed by atoms with van der Waals surface area (Å²) in [5.41, 5.74) is 0.822. The van der Waals surface area contributed by atoms with E-state index in [1.54, 1.807) is 4.90 Å². The van der Waals surface area contributed by atoms with Crippen LogP contribution in [0.15, 0.2) is 54.6 Å². The zero-order valence-electron chi connectivity index (χ0n) is 16.6. The highest BCUT2D eigenvalue weighted by Gasteiger charge is 2.33. The summed E-state index contributed by atoms with van der Waals surface area (Å²) in [6, 6.07) is 17.3. The number of nitrogens with one attached hydrogen (secondary N) is 2. The summed E-state index contributed by atoms with van der Waals surface area (Å²) in [7, 11) is 0. The fourth-order valence-corrected chi connectivity index (χ4v) is 4.06. The SMILES string of the molecule is C[C@H]1C[C@@H](C(=O)NC2CC(=O)N(c3ccc(Oc4ccccc4)cc3)C2)CCN1. The van der Waals surface area contributed by atoms with E-state index in [-0.39, 0.29) is 23.8 Å². The Bertz CT molecular complexity index is 853. The van der Waals surface area contributed by atoms with Crippen LogP contribution in [0.2, 0.25) is 0 Å². The Hall–Kier alpha value is -2.86. The maximum absolute atomic E-state index is 12.6. The monoisotopic (exact) mass is 393 g/mol. The Kier molecular flexibility index (Phi) is 5.81. The van der Waals surface area contributed by atoms with E-state index in [9.17, 15) is 9.59 Å². The van der Waals surface area contributed by atoms with Gasteiger partial charge in [-0.3, -0.25) is 9.59 Å². The molecule has 1 unspecified atom stereocenters. The molecule has 0 aliphatic carbocycles. The molecular formula is C23H27N3O3. The number of piperidine rings is 1. The van der Waals surface area contributed by atoms with Gasteiger partial charge in [0.05, 0.1) is 6.04 Å². The van der Waals surface area contributed by atoms with E-state index < -0.39 is 0 Å². The number of carbonyl (C=O) groups excluding carboxylic acids is 2. The number of ether oxygens (including phenoxy) is 1. The largest absolute Gasteiger partial charge is 0.457 e. The Morgan fingerprint density at radius 2 is 1.83 bits per heavy atom. The molecule has 2 aromatic carbocycles. The van der Waals surface area contributed by atoms with Gasteiger partial charge < -0.3 is 20.3 Å². The molecule has 2 aliphatic rings. The summed E-state index contributed by atoms with van der Waals surface area (Å²) in [4.78, 5) is 26.8. The average molecular weight is 393 g/mol. The predicted octanol–water partition coefficient (Wildman–Crippen LogP) is 3.09. The minimum atomic E-state index is -0.138. The molecule has 0 bridgehead atoms. The van der Waals surface area contributed by atoms with Gasteiger partial charge in [-0.1, -0.05) is 18.2 Å². The van der Waals surface area contributed by atoms with Crippen LogP contribution >= 0.6 is 0 Å². The van der Waals surface area contributed by atoms with Gasteiger partial charge in [0.15, 0.2) is 0 Å². The molecule has 0 saturated carbocycles.